The van der Waals surface area contributed by atoms with Crippen LogP contribution in [0.15, 0.2) is 57.6 Å². The molecule has 0 unspecified atom stereocenters. The van der Waals surface area contributed by atoms with E-state index in [1.165, 1.54) is 11.3 Å². The summed E-state index contributed by atoms with van der Waals surface area (Å²) in [7, 11) is -2.21. The monoisotopic (exact) mass is 471 g/mol. The smallest absolute Gasteiger partial charge is 0.225 e. The minimum Gasteiger partial charge on any atom is -0.493 e. The number of fused-ring (bicyclic) bond motifs is 1. The van der Waals surface area contributed by atoms with Crippen LogP contribution in [0.4, 0.5) is 5.69 Å². The lowest BCUT2D eigenvalue weighted by Crippen LogP contribution is -2.24. The molecule has 1 aromatic heterocycles. The SMILES string of the molecule is COc1cccc([C@@H]2CC(=O)Nc3c(S(=O)(=O)c4ccc(C)cc4)csc32)c1OC(C)C. The number of rotatable bonds is 6. The number of hydrogen-bond donors (Lipinski definition) is 1. The number of para-hydroxylation sites is 1. The summed E-state index contributed by atoms with van der Waals surface area (Å²) in [4.78, 5) is 13.8. The van der Waals surface area contributed by atoms with Gasteiger partial charge in [-0.05, 0) is 39.0 Å². The van der Waals surface area contributed by atoms with Crippen molar-refractivity contribution in [1.82, 2.24) is 0 Å². The molecule has 1 atom stereocenters. The van der Waals surface area contributed by atoms with Crippen molar-refractivity contribution in [3.05, 3.63) is 63.8 Å². The third kappa shape index (κ3) is 4.00. The van der Waals surface area contributed by atoms with Crippen molar-refractivity contribution in [3.63, 3.8) is 0 Å². The molecule has 0 saturated heterocycles. The minimum absolute atomic E-state index is 0.0947. The first-order valence-corrected chi connectivity index (χ1v) is 12.6. The summed E-state index contributed by atoms with van der Waals surface area (Å²) in [5.74, 6) is 0.578. The average molecular weight is 472 g/mol. The van der Waals surface area contributed by atoms with E-state index in [9.17, 15) is 13.2 Å². The number of methoxy groups -OCH3 is 1. The van der Waals surface area contributed by atoms with E-state index in [-0.39, 0.29) is 34.1 Å². The van der Waals surface area contributed by atoms with E-state index in [1.54, 1.807) is 36.8 Å². The summed E-state index contributed by atoms with van der Waals surface area (Å²) in [6.07, 6.45) is 0.0989. The fourth-order valence-corrected chi connectivity index (χ4v) is 6.73. The molecular weight excluding hydrogens is 446 g/mol. The Kier molecular flexibility index (Phi) is 6.01. The first kappa shape index (κ1) is 22.4. The van der Waals surface area contributed by atoms with Gasteiger partial charge in [0.2, 0.25) is 15.7 Å². The number of thiophene rings is 1. The van der Waals surface area contributed by atoms with Crippen molar-refractivity contribution in [2.24, 2.45) is 0 Å². The van der Waals surface area contributed by atoms with E-state index in [0.717, 1.165) is 16.0 Å². The zero-order valence-electron chi connectivity index (χ0n) is 18.3. The highest BCUT2D eigenvalue weighted by atomic mass is 32.2. The highest BCUT2D eigenvalue weighted by molar-refractivity contribution is 7.91. The zero-order valence-corrected chi connectivity index (χ0v) is 20.0. The second kappa shape index (κ2) is 8.60. The maximum absolute atomic E-state index is 13.4. The van der Waals surface area contributed by atoms with Crippen molar-refractivity contribution in [1.29, 1.82) is 0 Å². The van der Waals surface area contributed by atoms with Crippen LogP contribution in [-0.2, 0) is 14.6 Å². The van der Waals surface area contributed by atoms with Crippen LogP contribution in [0, 0.1) is 6.92 Å². The van der Waals surface area contributed by atoms with E-state index in [4.69, 9.17) is 9.47 Å². The van der Waals surface area contributed by atoms with Crippen LogP contribution < -0.4 is 14.8 Å². The summed E-state index contributed by atoms with van der Waals surface area (Å²) in [6.45, 7) is 5.75. The number of carbonyl (C=O) groups excluding carboxylic acids is 1. The molecule has 0 spiro atoms. The van der Waals surface area contributed by atoms with Gasteiger partial charge in [0.1, 0.15) is 4.90 Å². The van der Waals surface area contributed by atoms with Crippen LogP contribution in [0.5, 0.6) is 11.5 Å². The number of amides is 1. The number of ether oxygens (including phenoxy) is 2. The first-order chi connectivity index (χ1) is 15.2. The van der Waals surface area contributed by atoms with Gasteiger partial charge in [-0.15, -0.1) is 11.3 Å². The fourth-order valence-electron chi connectivity index (χ4n) is 3.83. The standard InChI is InChI=1S/C24H25NO5S2/c1-14(2)30-23-17(6-5-7-19(23)29-4)18-12-21(26)25-22-20(13-31-24(18)22)32(27,28)16-10-8-15(3)9-11-16/h5-11,13-14,18H,12H2,1-4H3,(H,25,26)/t18-/m0/s1. The topological polar surface area (TPSA) is 81.7 Å². The van der Waals surface area contributed by atoms with Crippen molar-refractivity contribution in [3.8, 4) is 11.5 Å². The van der Waals surface area contributed by atoms with Gasteiger partial charge in [0, 0.05) is 28.2 Å². The van der Waals surface area contributed by atoms with Crippen LogP contribution in [0.1, 0.15) is 42.2 Å². The van der Waals surface area contributed by atoms with Gasteiger partial charge in [-0.1, -0.05) is 29.8 Å². The molecule has 6 nitrogen and oxygen atoms in total. The van der Waals surface area contributed by atoms with E-state index >= 15 is 0 Å². The second-order valence-electron chi connectivity index (χ2n) is 8.01. The van der Waals surface area contributed by atoms with Gasteiger partial charge in [-0.3, -0.25) is 4.79 Å². The van der Waals surface area contributed by atoms with Gasteiger partial charge < -0.3 is 14.8 Å². The molecule has 0 aliphatic carbocycles. The second-order valence-corrected chi connectivity index (χ2v) is 10.8. The van der Waals surface area contributed by atoms with Crippen molar-refractivity contribution in [2.75, 3.05) is 12.4 Å². The quantitative estimate of drug-likeness (QED) is 0.537. The summed E-state index contributed by atoms with van der Waals surface area (Å²) in [5, 5.41) is 4.42. The Morgan fingerprint density at radius 2 is 1.84 bits per heavy atom. The van der Waals surface area contributed by atoms with Gasteiger partial charge in [0.15, 0.2) is 11.5 Å². The molecule has 8 heteroatoms. The van der Waals surface area contributed by atoms with E-state index in [0.29, 0.717) is 17.2 Å². The summed E-state index contributed by atoms with van der Waals surface area (Å²) < 4.78 is 38.3. The molecule has 0 radical (unpaired) electrons. The predicted molar refractivity (Wildman–Crippen MR) is 125 cm³/mol. The number of hydrogen-bond acceptors (Lipinski definition) is 6. The van der Waals surface area contributed by atoms with Crippen molar-refractivity contribution in [2.45, 2.75) is 49.0 Å². The van der Waals surface area contributed by atoms with E-state index in [2.05, 4.69) is 5.32 Å². The third-order valence-electron chi connectivity index (χ3n) is 5.34. The highest BCUT2D eigenvalue weighted by Gasteiger charge is 2.36. The molecule has 4 rings (SSSR count). The van der Waals surface area contributed by atoms with Gasteiger partial charge >= 0.3 is 0 Å². The third-order valence-corrected chi connectivity index (χ3v) is 8.37. The zero-order chi connectivity index (χ0) is 23.0. The first-order valence-electron chi connectivity index (χ1n) is 10.3. The molecule has 0 fully saturated rings. The van der Waals surface area contributed by atoms with Crippen molar-refractivity contribution < 1.29 is 22.7 Å². The molecule has 168 valence electrons. The summed E-state index contributed by atoms with van der Waals surface area (Å²) in [5.41, 5.74) is 2.13. The molecule has 1 aliphatic rings. The van der Waals surface area contributed by atoms with Crippen LogP contribution >= 0.6 is 11.3 Å². The number of aryl methyl sites for hydroxylation is 1. The molecule has 1 amide bonds. The summed E-state index contributed by atoms with van der Waals surface area (Å²) in [6, 6.07) is 12.3. The van der Waals surface area contributed by atoms with Crippen LogP contribution in [0.25, 0.3) is 0 Å². The molecule has 0 saturated carbocycles. The molecular formula is C24H25NO5S2. The number of benzene rings is 2. The Morgan fingerprint density at radius 3 is 2.50 bits per heavy atom. The lowest BCUT2D eigenvalue weighted by molar-refractivity contribution is -0.116. The molecule has 2 aromatic carbocycles. The maximum Gasteiger partial charge on any atom is 0.225 e. The number of anilines is 1. The van der Waals surface area contributed by atoms with Gasteiger partial charge in [-0.2, -0.15) is 0 Å². The lowest BCUT2D eigenvalue weighted by Gasteiger charge is -2.27. The summed E-state index contributed by atoms with van der Waals surface area (Å²) >= 11 is 1.33. The Bertz CT molecular complexity index is 1260. The molecule has 3 aromatic rings. The Morgan fingerprint density at radius 1 is 1.12 bits per heavy atom. The normalized spacial score (nSPS) is 15.9. The Balaban J connectivity index is 1.85. The average Bonchev–Trinajstić information content (AvgIpc) is 3.18. The molecule has 0 bridgehead atoms. The molecule has 1 aliphatic heterocycles. The minimum atomic E-state index is -3.79. The van der Waals surface area contributed by atoms with Gasteiger partial charge in [0.05, 0.1) is 23.8 Å². The maximum atomic E-state index is 13.4. The number of nitrogens with one attached hydrogen (secondary N) is 1. The fraction of sp³-hybridized carbons (Fsp3) is 0.292. The number of carbonyl (C=O) groups is 1. The Hall–Kier alpha value is -2.84. The number of sulfone groups is 1. The van der Waals surface area contributed by atoms with Crippen LogP contribution in [0.3, 0.4) is 0 Å². The lowest BCUT2D eigenvalue weighted by atomic mass is 9.89. The van der Waals surface area contributed by atoms with Gasteiger partial charge in [-0.25, -0.2) is 8.42 Å². The Labute approximate surface area is 192 Å². The van der Waals surface area contributed by atoms with Crippen LogP contribution in [-0.4, -0.2) is 27.5 Å². The largest absolute Gasteiger partial charge is 0.493 e. The molecule has 2 heterocycles. The predicted octanol–water partition coefficient (Wildman–Crippen LogP) is 5.16. The van der Waals surface area contributed by atoms with E-state index < -0.39 is 9.84 Å². The molecule has 32 heavy (non-hydrogen) atoms. The molecule has 1 N–H and O–H groups in total. The highest BCUT2D eigenvalue weighted by Crippen LogP contribution is 2.49. The van der Waals surface area contributed by atoms with E-state index in [1.807, 2.05) is 39.0 Å². The van der Waals surface area contributed by atoms with Gasteiger partial charge in [0.25, 0.3) is 0 Å². The van der Waals surface area contributed by atoms with Crippen LogP contribution in [0.2, 0.25) is 0 Å². The van der Waals surface area contributed by atoms with Crippen molar-refractivity contribution >= 4 is 32.8 Å².